The highest BCUT2D eigenvalue weighted by Gasteiger charge is 2.28. The van der Waals surface area contributed by atoms with Gasteiger partial charge in [-0.1, -0.05) is 0 Å². The van der Waals surface area contributed by atoms with Gasteiger partial charge in [0, 0.05) is 24.8 Å². The molecule has 1 saturated heterocycles. The first-order valence-electron chi connectivity index (χ1n) is 6.20. The van der Waals surface area contributed by atoms with Gasteiger partial charge in [-0.2, -0.15) is 14.6 Å². The maximum atomic E-state index is 9.99. The number of anilines is 1. The van der Waals surface area contributed by atoms with Crippen LogP contribution in [0.15, 0.2) is 12.4 Å². The van der Waals surface area contributed by atoms with Crippen LogP contribution in [0.2, 0.25) is 0 Å². The van der Waals surface area contributed by atoms with Gasteiger partial charge >= 0.3 is 0 Å². The minimum atomic E-state index is -0.542. The van der Waals surface area contributed by atoms with Crippen molar-refractivity contribution in [1.82, 2.24) is 19.6 Å². The van der Waals surface area contributed by atoms with Crippen LogP contribution in [0.4, 0.5) is 5.82 Å². The molecule has 1 aliphatic rings. The molecule has 0 bridgehead atoms. The molecule has 0 amide bonds. The highest BCUT2D eigenvalue weighted by atomic mass is 16.3. The molecular formula is C12H17N5O. The van der Waals surface area contributed by atoms with E-state index in [0.717, 1.165) is 37.4 Å². The van der Waals surface area contributed by atoms with Gasteiger partial charge in [0.25, 0.3) is 5.78 Å². The summed E-state index contributed by atoms with van der Waals surface area (Å²) in [4.78, 5) is 10.7. The molecular weight excluding hydrogens is 230 g/mol. The number of nitrogens with zero attached hydrogens (tertiary/aromatic N) is 5. The second kappa shape index (κ2) is 3.91. The Morgan fingerprint density at radius 2 is 2.06 bits per heavy atom. The lowest BCUT2D eigenvalue weighted by Gasteiger charge is -2.36. The molecule has 0 unspecified atom stereocenters. The maximum Gasteiger partial charge on any atom is 0.254 e. The normalized spacial score (nSPS) is 19.4. The number of aliphatic hydroxyl groups is 1. The Kier molecular flexibility index (Phi) is 2.48. The van der Waals surface area contributed by atoms with E-state index in [9.17, 15) is 5.11 Å². The summed E-state index contributed by atoms with van der Waals surface area (Å²) < 4.78 is 1.76. The Balaban J connectivity index is 1.97. The summed E-state index contributed by atoms with van der Waals surface area (Å²) in [6.45, 7) is 5.50. The first-order valence-corrected chi connectivity index (χ1v) is 6.20. The Bertz CT molecular complexity index is 567. The van der Waals surface area contributed by atoms with Gasteiger partial charge in [-0.05, 0) is 26.7 Å². The van der Waals surface area contributed by atoms with Crippen LogP contribution in [-0.2, 0) is 0 Å². The third kappa shape index (κ3) is 1.92. The van der Waals surface area contributed by atoms with E-state index in [0.29, 0.717) is 5.78 Å². The Morgan fingerprint density at radius 1 is 1.33 bits per heavy atom. The number of hydrogen-bond donors (Lipinski definition) is 1. The van der Waals surface area contributed by atoms with E-state index in [-0.39, 0.29) is 0 Å². The monoisotopic (exact) mass is 247 g/mol. The van der Waals surface area contributed by atoms with Gasteiger partial charge in [0.2, 0.25) is 0 Å². The average molecular weight is 247 g/mol. The lowest BCUT2D eigenvalue weighted by molar-refractivity contribution is 0.0349. The Hall–Kier alpha value is -1.69. The summed E-state index contributed by atoms with van der Waals surface area (Å²) in [6.07, 6.45) is 3.06. The fourth-order valence-corrected chi connectivity index (χ4v) is 2.35. The fraction of sp³-hybridized carbons (Fsp3) is 0.583. The van der Waals surface area contributed by atoms with Crippen molar-refractivity contribution < 1.29 is 5.11 Å². The van der Waals surface area contributed by atoms with Crippen molar-refractivity contribution in [3.63, 3.8) is 0 Å². The zero-order valence-corrected chi connectivity index (χ0v) is 10.7. The molecule has 0 saturated carbocycles. The van der Waals surface area contributed by atoms with Crippen LogP contribution in [0.3, 0.4) is 0 Å². The molecule has 2 aromatic rings. The summed E-state index contributed by atoms with van der Waals surface area (Å²) in [5, 5.41) is 14.2. The second-order valence-corrected chi connectivity index (χ2v) is 5.21. The minimum Gasteiger partial charge on any atom is -0.390 e. The molecule has 3 heterocycles. The molecule has 3 rings (SSSR count). The number of rotatable bonds is 1. The minimum absolute atomic E-state index is 0.542. The lowest BCUT2D eigenvalue weighted by Crippen LogP contribution is -2.43. The quantitative estimate of drug-likeness (QED) is 0.806. The topological polar surface area (TPSA) is 66.5 Å². The third-order valence-electron chi connectivity index (χ3n) is 3.53. The standard InChI is InChI=1S/C12H17N5O/c1-9-7-10(17-11(15-9)13-8-14-17)16-5-3-12(2,18)4-6-16/h7-8,18H,3-6H2,1-2H3. The van der Waals surface area contributed by atoms with Crippen LogP contribution >= 0.6 is 0 Å². The summed E-state index contributed by atoms with van der Waals surface area (Å²) in [7, 11) is 0. The molecule has 1 N–H and O–H groups in total. The molecule has 0 aromatic carbocycles. The van der Waals surface area contributed by atoms with E-state index in [1.807, 2.05) is 19.9 Å². The van der Waals surface area contributed by atoms with Crippen LogP contribution < -0.4 is 4.90 Å². The van der Waals surface area contributed by atoms with E-state index < -0.39 is 5.60 Å². The van der Waals surface area contributed by atoms with E-state index in [1.54, 1.807) is 4.52 Å². The van der Waals surface area contributed by atoms with Crippen molar-refractivity contribution in [2.24, 2.45) is 0 Å². The van der Waals surface area contributed by atoms with Gasteiger partial charge in [-0.3, -0.25) is 0 Å². The SMILES string of the molecule is Cc1cc(N2CCC(C)(O)CC2)n2ncnc2n1. The van der Waals surface area contributed by atoms with Crippen LogP contribution in [0.1, 0.15) is 25.5 Å². The second-order valence-electron chi connectivity index (χ2n) is 5.21. The van der Waals surface area contributed by atoms with E-state index in [1.165, 1.54) is 6.33 Å². The van der Waals surface area contributed by atoms with Crippen molar-refractivity contribution in [2.45, 2.75) is 32.3 Å². The molecule has 1 aliphatic heterocycles. The summed E-state index contributed by atoms with van der Waals surface area (Å²) in [5.74, 6) is 1.63. The molecule has 0 radical (unpaired) electrons. The van der Waals surface area contributed by atoms with Gasteiger partial charge in [-0.25, -0.2) is 4.98 Å². The van der Waals surface area contributed by atoms with Crippen molar-refractivity contribution in [3.05, 3.63) is 18.1 Å². The smallest absolute Gasteiger partial charge is 0.254 e. The zero-order chi connectivity index (χ0) is 12.8. The van der Waals surface area contributed by atoms with Crippen LogP contribution in [-0.4, -0.2) is 43.4 Å². The zero-order valence-electron chi connectivity index (χ0n) is 10.7. The van der Waals surface area contributed by atoms with Gasteiger partial charge in [0.1, 0.15) is 12.1 Å². The molecule has 0 aliphatic carbocycles. The molecule has 0 atom stereocenters. The van der Waals surface area contributed by atoms with Gasteiger partial charge in [-0.15, -0.1) is 0 Å². The van der Waals surface area contributed by atoms with E-state index in [4.69, 9.17) is 0 Å². The summed E-state index contributed by atoms with van der Waals surface area (Å²) >= 11 is 0. The molecule has 96 valence electrons. The molecule has 1 fully saturated rings. The lowest BCUT2D eigenvalue weighted by atomic mass is 9.94. The van der Waals surface area contributed by atoms with Crippen molar-refractivity contribution in [2.75, 3.05) is 18.0 Å². The number of aryl methyl sites for hydroxylation is 1. The first-order chi connectivity index (χ1) is 8.55. The number of piperidine rings is 1. The average Bonchev–Trinajstić information content (AvgIpc) is 2.76. The van der Waals surface area contributed by atoms with Crippen molar-refractivity contribution in [1.29, 1.82) is 0 Å². The number of aromatic nitrogens is 4. The summed E-state index contributed by atoms with van der Waals surface area (Å²) in [5.41, 5.74) is 0.392. The van der Waals surface area contributed by atoms with E-state index in [2.05, 4.69) is 20.0 Å². The van der Waals surface area contributed by atoms with Crippen LogP contribution in [0, 0.1) is 6.92 Å². The first kappa shape index (κ1) is 11.4. The Labute approximate surface area is 105 Å². The van der Waals surface area contributed by atoms with Crippen molar-refractivity contribution in [3.8, 4) is 0 Å². The molecule has 18 heavy (non-hydrogen) atoms. The van der Waals surface area contributed by atoms with Gasteiger partial charge in [0.05, 0.1) is 5.60 Å². The fourth-order valence-electron chi connectivity index (χ4n) is 2.35. The molecule has 6 nitrogen and oxygen atoms in total. The van der Waals surface area contributed by atoms with Crippen LogP contribution in [0.5, 0.6) is 0 Å². The highest BCUT2D eigenvalue weighted by molar-refractivity contribution is 5.47. The Morgan fingerprint density at radius 3 is 2.78 bits per heavy atom. The maximum absolute atomic E-state index is 9.99. The van der Waals surface area contributed by atoms with Crippen molar-refractivity contribution >= 4 is 11.6 Å². The molecule has 2 aromatic heterocycles. The van der Waals surface area contributed by atoms with Crippen LogP contribution in [0.25, 0.3) is 5.78 Å². The molecule has 6 heteroatoms. The summed E-state index contributed by atoms with van der Waals surface area (Å²) in [6, 6.07) is 2.02. The van der Waals surface area contributed by atoms with Gasteiger partial charge in [0.15, 0.2) is 0 Å². The number of hydrogen-bond acceptors (Lipinski definition) is 5. The molecule has 0 spiro atoms. The highest BCUT2D eigenvalue weighted by Crippen LogP contribution is 2.25. The number of fused-ring (bicyclic) bond motifs is 1. The predicted molar refractivity (Wildman–Crippen MR) is 67.6 cm³/mol. The van der Waals surface area contributed by atoms with E-state index >= 15 is 0 Å². The predicted octanol–water partition coefficient (Wildman–Crippen LogP) is 0.784. The third-order valence-corrected chi connectivity index (χ3v) is 3.53. The largest absolute Gasteiger partial charge is 0.390 e. The van der Waals surface area contributed by atoms with Gasteiger partial charge < -0.3 is 10.0 Å².